The number of nitrogens with two attached hydrogens (primary N) is 1. The summed E-state index contributed by atoms with van der Waals surface area (Å²) in [5.41, 5.74) is 9.04. The van der Waals surface area contributed by atoms with Crippen molar-refractivity contribution in [1.29, 1.82) is 0 Å². The Bertz CT molecular complexity index is 1180. The van der Waals surface area contributed by atoms with Gasteiger partial charge in [0, 0.05) is 37.3 Å². The lowest BCUT2D eigenvalue weighted by molar-refractivity contribution is 0.100. The summed E-state index contributed by atoms with van der Waals surface area (Å²) in [6.45, 7) is 8.04. The highest BCUT2D eigenvalue weighted by Gasteiger charge is 2.21. The van der Waals surface area contributed by atoms with Crippen molar-refractivity contribution < 1.29 is 13.9 Å². The third kappa shape index (κ3) is 4.85. The zero-order chi connectivity index (χ0) is 23.5. The van der Waals surface area contributed by atoms with E-state index >= 15 is 0 Å². The lowest BCUT2D eigenvalue weighted by Gasteiger charge is -2.26. The van der Waals surface area contributed by atoms with E-state index in [0.717, 1.165) is 49.6 Å². The summed E-state index contributed by atoms with van der Waals surface area (Å²) in [7, 11) is 2.12. The number of carbonyl (C=O) groups excluding carboxylic acids is 1. The second-order valence-corrected chi connectivity index (χ2v) is 8.43. The van der Waals surface area contributed by atoms with Gasteiger partial charge in [-0.25, -0.2) is 4.39 Å². The first kappa shape index (κ1) is 22.8. The number of ether oxygens (including phenoxy) is 1. The van der Waals surface area contributed by atoms with Gasteiger partial charge in [0.1, 0.15) is 11.6 Å². The van der Waals surface area contributed by atoms with Gasteiger partial charge in [0.05, 0.1) is 34.7 Å². The van der Waals surface area contributed by atoms with Crippen LogP contribution in [0.5, 0.6) is 5.75 Å². The molecule has 1 aliphatic heterocycles. The molecule has 0 aliphatic carbocycles. The van der Waals surface area contributed by atoms with Gasteiger partial charge in [-0.3, -0.25) is 9.78 Å². The zero-order valence-electron chi connectivity index (χ0n) is 19.3. The van der Waals surface area contributed by atoms with Gasteiger partial charge in [0.25, 0.3) is 5.91 Å². The number of nitrogens with one attached hydrogen (secondary N) is 1. The summed E-state index contributed by atoms with van der Waals surface area (Å²) in [5.74, 6) is -0.309. The fourth-order valence-corrected chi connectivity index (χ4v) is 4.21. The molecule has 8 heteroatoms. The zero-order valence-corrected chi connectivity index (χ0v) is 19.3. The molecule has 2 heterocycles. The van der Waals surface area contributed by atoms with Gasteiger partial charge in [-0.1, -0.05) is 6.07 Å². The maximum Gasteiger partial charge on any atom is 0.252 e. The van der Waals surface area contributed by atoms with E-state index in [1.807, 2.05) is 26.0 Å². The number of hydrogen-bond donors (Lipinski definition) is 2. The number of nitrogens with zero attached hydrogens (tertiary/aromatic N) is 3. The van der Waals surface area contributed by atoms with Crippen molar-refractivity contribution in [2.45, 2.75) is 20.3 Å². The number of halogens is 1. The fourth-order valence-electron chi connectivity index (χ4n) is 4.21. The van der Waals surface area contributed by atoms with E-state index < -0.39 is 11.7 Å². The molecule has 0 bridgehead atoms. The average molecular weight is 452 g/mol. The number of rotatable bonds is 6. The Kier molecular flexibility index (Phi) is 6.65. The molecule has 2 aromatic carbocycles. The molecular weight excluding hydrogens is 421 g/mol. The third-order valence-electron chi connectivity index (χ3n) is 5.96. The van der Waals surface area contributed by atoms with Crippen molar-refractivity contribution in [3.63, 3.8) is 0 Å². The number of carbonyl (C=O) groups is 1. The van der Waals surface area contributed by atoms with Crippen LogP contribution in [0.2, 0.25) is 0 Å². The molecule has 3 N–H and O–H groups in total. The minimum Gasteiger partial charge on any atom is -0.492 e. The van der Waals surface area contributed by atoms with Crippen molar-refractivity contribution in [2.24, 2.45) is 5.73 Å². The molecule has 0 unspecified atom stereocenters. The molecule has 0 radical (unpaired) electrons. The predicted octanol–water partition coefficient (Wildman–Crippen LogP) is 4.07. The Hall–Kier alpha value is -3.39. The van der Waals surface area contributed by atoms with Gasteiger partial charge >= 0.3 is 0 Å². The van der Waals surface area contributed by atoms with Gasteiger partial charge in [-0.15, -0.1) is 0 Å². The van der Waals surface area contributed by atoms with Crippen LogP contribution in [-0.2, 0) is 0 Å². The molecule has 7 nitrogen and oxygen atoms in total. The smallest absolute Gasteiger partial charge is 0.252 e. The van der Waals surface area contributed by atoms with E-state index in [1.54, 1.807) is 12.1 Å². The molecule has 3 aromatic rings. The molecule has 1 saturated heterocycles. The lowest BCUT2D eigenvalue weighted by Crippen LogP contribution is -2.29. The molecule has 1 aliphatic rings. The number of benzene rings is 2. The van der Waals surface area contributed by atoms with Gasteiger partial charge in [-0.2, -0.15) is 0 Å². The van der Waals surface area contributed by atoms with Crippen LogP contribution >= 0.6 is 0 Å². The molecule has 33 heavy (non-hydrogen) atoms. The van der Waals surface area contributed by atoms with Crippen LogP contribution in [0.25, 0.3) is 10.9 Å². The molecule has 1 amide bonds. The van der Waals surface area contributed by atoms with Crippen LogP contribution in [0.15, 0.2) is 36.5 Å². The Balaban J connectivity index is 1.90. The quantitative estimate of drug-likeness (QED) is 0.588. The van der Waals surface area contributed by atoms with Gasteiger partial charge in [-0.05, 0) is 57.6 Å². The normalized spacial score (nSPS) is 14.8. The van der Waals surface area contributed by atoms with Gasteiger partial charge in [0.15, 0.2) is 0 Å². The van der Waals surface area contributed by atoms with Crippen LogP contribution in [0.1, 0.15) is 29.3 Å². The van der Waals surface area contributed by atoms with Crippen LogP contribution in [-0.4, -0.2) is 55.6 Å². The first-order chi connectivity index (χ1) is 15.9. The molecule has 1 aromatic heterocycles. The van der Waals surface area contributed by atoms with Crippen LogP contribution in [0.3, 0.4) is 0 Å². The Morgan fingerprint density at radius 3 is 2.79 bits per heavy atom. The number of primary amides is 1. The van der Waals surface area contributed by atoms with Gasteiger partial charge in [0.2, 0.25) is 0 Å². The molecule has 174 valence electrons. The van der Waals surface area contributed by atoms with Crippen molar-refractivity contribution in [1.82, 2.24) is 9.88 Å². The third-order valence-corrected chi connectivity index (χ3v) is 5.96. The monoisotopic (exact) mass is 451 g/mol. The highest BCUT2D eigenvalue weighted by atomic mass is 19.1. The second kappa shape index (κ2) is 9.62. The number of hydrogen-bond acceptors (Lipinski definition) is 6. The summed E-state index contributed by atoms with van der Waals surface area (Å²) < 4.78 is 20.5. The first-order valence-electron chi connectivity index (χ1n) is 11.2. The molecule has 0 spiro atoms. The number of fused-ring (bicyclic) bond motifs is 1. The van der Waals surface area contributed by atoms with Gasteiger partial charge < -0.3 is 25.6 Å². The van der Waals surface area contributed by atoms with E-state index in [-0.39, 0.29) is 11.3 Å². The number of likely N-dealkylation sites (N-methyl/N-ethyl adjacent to an activating group) is 1. The van der Waals surface area contributed by atoms with Crippen molar-refractivity contribution in [2.75, 3.05) is 50.1 Å². The van der Waals surface area contributed by atoms with Crippen LogP contribution in [0.4, 0.5) is 21.5 Å². The number of aryl methyl sites for hydroxylation is 1. The highest BCUT2D eigenvalue weighted by Crippen LogP contribution is 2.38. The van der Waals surface area contributed by atoms with Crippen molar-refractivity contribution >= 4 is 33.9 Å². The minimum atomic E-state index is -0.633. The predicted molar refractivity (Wildman–Crippen MR) is 130 cm³/mol. The van der Waals surface area contributed by atoms with E-state index in [9.17, 15) is 9.18 Å². The van der Waals surface area contributed by atoms with E-state index in [0.29, 0.717) is 23.2 Å². The number of aromatic nitrogens is 1. The van der Waals surface area contributed by atoms with Crippen molar-refractivity contribution in [3.8, 4) is 5.75 Å². The largest absolute Gasteiger partial charge is 0.492 e. The summed E-state index contributed by atoms with van der Waals surface area (Å²) in [4.78, 5) is 21.3. The number of anilines is 3. The summed E-state index contributed by atoms with van der Waals surface area (Å²) in [6, 6.07) is 8.65. The highest BCUT2D eigenvalue weighted by molar-refractivity contribution is 6.08. The minimum absolute atomic E-state index is 0.203. The van der Waals surface area contributed by atoms with E-state index in [4.69, 9.17) is 10.5 Å². The molecule has 4 rings (SSSR count). The topological polar surface area (TPSA) is 83.7 Å². The average Bonchev–Trinajstić information content (AvgIpc) is 3.00. The lowest BCUT2D eigenvalue weighted by atomic mass is 10.1. The van der Waals surface area contributed by atoms with E-state index in [1.165, 1.54) is 12.3 Å². The molecule has 0 saturated carbocycles. The Morgan fingerprint density at radius 1 is 1.21 bits per heavy atom. The summed E-state index contributed by atoms with van der Waals surface area (Å²) >= 11 is 0. The molecular formula is C25H30FN5O2. The maximum atomic E-state index is 14.6. The fraction of sp³-hybridized carbons (Fsp3) is 0.360. The van der Waals surface area contributed by atoms with Crippen LogP contribution in [0, 0.1) is 12.7 Å². The summed E-state index contributed by atoms with van der Waals surface area (Å²) in [6.07, 6.45) is 2.45. The first-order valence-corrected chi connectivity index (χ1v) is 11.2. The Morgan fingerprint density at radius 2 is 2.03 bits per heavy atom. The number of pyridine rings is 1. The standard InChI is InChI=1S/C25H30FN5O2/c1-4-33-23-14-20-17(13-22(23)31-9-5-8-30(3)10-11-31)24(18(15-28-20)25(27)32)29-21-12-16(2)6-7-19(21)26/h6-7,12-15H,4-5,8-11H2,1-3H3,(H2,27,32)(H,28,29). The summed E-state index contributed by atoms with van der Waals surface area (Å²) in [5, 5.41) is 3.81. The van der Waals surface area contributed by atoms with E-state index in [2.05, 4.69) is 27.1 Å². The second-order valence-electron chi connectivity index (χ2n) is 8.43. The SMILES string of the molecule is CCOc1cc2ncc(C(N)=O)c(Nc3cc(C)ccc3F)c2cc1N1CCCN(C)CC1. The molecule has 1 fully saturated rings. The molecule has 0 atom stereocenters. The number of amides is 1. The van der Waals surface area contributed by atoms with Crippen molar-refractivity contribution in [3.05, 3.63) is 53.5 Å². The maximum absolute atomic E-state index is 14.6. The Labute approximate surface area is 193 Å². The van der Waals surface area contributed by atoms with Crippen LogP contribution < -0.4 is 20.7 Å².